The number of benzene rings is 2. The molecule has 0 atom stereocenters. The van der Waals surface area contributed by atoms with E-state index >= 15 is 0 Å². The second kappa shape index (κ2) is 6.28. The van der Waals surface area contributed by atoms with Crippen molar-refractivity contribution in [1.82, 2.24) is 9.72 Å². The molecule has 124 valence electrons. The van der Waals surface area contributed by atoms with Crippen molar-refractivity contribution in [3.05, 3.63) is 78.1 Å². The van der Waals surface area contributed by atoms with E-state index in [1.807, 2.05) is 66.2 Å². The Morgan fingerprint density at radius 1 is 1.12 bits per heavy atom. The number of hydrogen-bond donors (Lipinski definition) is 0. The Morgan fingerprint density at radius 3 is 2.72 bits per heavy atom. The molecule has 2 aromatic carbocycles. The van der Waals surface area contributed by atoms with Crippen LogP contribution in [0.1, 0.15) is 16.1 Å². The molecule has 0 fully saturated rings. The van der Waals surface area contributed by atoms with E-state index in [0.29, 0.717) is 17.0 Å². The fourth-order valence-electron chi connectivity index (χ4n) is 2.84. The Balaban J connectivity index is 1.50. The first-order valence-electron chi connectivity index (χ1n) is 7.94. The Bertz CT molecular complexity index is 1030. The lowest BCUT2D eigenvalue weighted by Crippen LogP contribution is -2.04. The molecule has 4 rings (SSSR count). The second-order valence-corrected chi connectivity index (χ2v) is 5.80. The average molecular weight is 332 g/mol. The fourth-order valence-corrected chi connectivity index (χ4v) is 2.84. The number of esters is 1. The number of ether oxygens (including phenoxy) is 1. The highest BCUT2D eigenvalue weighted by Gasteiger charge is 2.16. The van der Waals surface area contributed by atoms with Crippen molar-refractivity contribution in [2.75, 3.05) is 0 Å². The van der Waals surface area contributed by atoms with Gasteiger partial charge in [0, 0.05) is 35.8 Å². The van der Waals surface area contributed by atoms with Gasteiger partial charge in [0.2, 0.25) is 0 Å². The number of nitrogens with zero attached hydrogens (tertiary/aromatic N) is 2. The van der Waals surface area contributed by atoms with Crippen LogP contribution in [0.3, 0.4) is 0 Å². The minimum atomic E-state index is -0.374. The Morgan fingerprint density at radius 2 is 1.88 bits per heavy atom. The Labute approximate surface area is 144 Å². The number of hydrogen-bond acceptors (Lipinski definition) is 4. The first kappa shape index (κ1) is 15.2. The molecule has 0 aliphatic heterocycles. The molecule has 0 N–H and O–H groups in total. The number of carbonyl (C=O) groups excluding carboxylic acids is 1. The molecule has 0 unspecified atom stereocenters. The minimum Gasteiger partial charge on any atom is -0.455 e. The summed E-state index contributed by atoms with van der Waals surface area (Å²) in [4.78, 5) is 12.4. The molecule has 0 aliphatic rings. The van der Waals surface area contributed by atoms with E-state index in [4.69, 9.17) is 9.26 Å². The standard InChI is InChI=1S/C20H16N2O3/c1-22-12-17(16-9-5-6-10-18(16)22)20(23)24-13-15-11-19(25-21-15)14-7-3-2-4-8-14/h2-12H,13H2,1H3. The Kier molecular flexibility index (Phi) is 3.82. The zero-order chi connectivity index (χ0) is 17.2. The Hall–Kier alpha value is -3.34. The van der Waals surface area contributed by atoms with Crippen LogP contribution in [0.4, 0.5) is 0 Å². The lowest BCUT2D eigenvalue weighted by molar-refractivity contribution is 0.0466. The molecule has 0 spiro atoms. The zero-order valence-electron chi connectivity index (χ0n) is 13.7. The molecule has 4 aromatic rings. The van der Waals surface area contributed by atoms with Crippen LogP contribution in [-0.2, 0) is 18.4 Å². The van der Waals surface area contributed by atoms with Crippen molar-refractivity contribution in [3.63, 3.8) is 0 Å². The van der Waals surface area contributed by atoms with E-state index in [0.717, 1.165) is 16.5 Å². The van der Waals surface area contributed by atoms with Crippen LogP contribution < -0.4 is 0 Å². The smallest absolute Gasteiger partial charge is 0.340 e. The van der Waals surface area contributed by atoms with E-state index in [2.05, 4.69) is 5.16 Å². The van der Waals surface area contributed by atoms with E-state index in [-0.39, 0.29) is 12.6 Å². The van der Waals surface area contributed by atoms with Crippen molar-refractivity contribution >= 4 is 16.9 Å². The summed E-state index contributed by atoms with van der Waals surface area (Å²) in [5, 5.41) is 4.84. The van der Waals surface area contributed by atoms with Crippen molar-refractivity contribution in [3.8, 4) is 11.3 Å². The summed E-state index contributed by atoms with van der Waals surface area (Å²) in [6, 6.07) is 19.2. The molecule has 0 saturated heterocycles. The largest absolute Gasteiger partial charge is 0.455 e. The van der Waals surface area contributed by atoms with Gasteiger partial charge in [0.15, 0.2) is 5.76 Å². The third-order valence-corrected chi connectivity index (χ3v) is 4.09. The molecular weight excluding hydrogens is 316 g/mol. The quantitative estimate of drug-likeness (QED) is 0.526. The molecule has 0 saturated carbocycles. The molecular formula is C20H16N2O3. The van der Waals surface area contributed by atoms with Crippen LogP contribution in [0.2, 0.25) is 0 Å². The topological polar surface area (TPSA) is 57.3 Å². The van der Waals surface area contributed by atoms with Gasteiger partial charge in [-0.25, -0.2) is 4.79 Å². The van der Waals surface area contributed by atoms with Gasteiger partial charge < -0.3 is 13.8 Å². The SMILES string of the molecule is Cn1cc(C(=O)OCc2cc(-c3ccccc3)on2)c2ccccc21. The van der Waals surface area contributed by atoms with Gasteiger partial charge in [0.25, 0.3) is 0 Å². The van der Waals surface area contributed by atoms with Gasteiger partial charge in [-0.05, 0) is 6.07 Å². The first-order chi connectivity index (χ1) is 12.2. The average Bonchev–Trinajstić information content (AvgIpc) is 3.26. The molecule has 5 nitrogen and oxygen atoms in total. The van der Waals surface area contributed by atoms with Crippen molar-refractivity contribution in [1.29, 1.82) is 0 Å². The second-order valence-electron chi connectivity index (χ2n) is 5.80. The fraction of sp³-hybridized carbons (Fsp3) is 0.100. The molecule has 2 aromatic heterocycles. The van der Waals surface area contributed by atoms with Gasteiger partial charge >= 0.3 is 5.97 Å². The summed E-state index contributed by atoms with van der Waals surface area (Å²) in [7, 11) is 1.91. The van der Waals surface area contributed by atoms with Gasteiger partial charge in [-0.3, -0.25) is 0 Å². The normalized spacial score (nSPS) is 10.9. The number of para-hydroxylation sites is 1. The summed E-state index contributed by atoms with van der Waals surface area (Å²) in [6.07, 6.45) is 1.78. The maximum Gasteiger partial charge on any atom is 0.340 e. The number of carbonyl (C=O) groups is 1. The van der Waals surface area contributed by atoms with Crippen molar-refractivity contribution < 1.29 is 14.1 Å². The summed E-state index contributed by atoms with van der Waals surface area (Å²) >= 11 is 0. The van der Waals surface area contributed by atoms with Crippen molar-refractivity contribution in [2.24, 2.45) is 7.05 Å². The highest BCUT2D eigenvalue weighted by atomic mass is 16.5. The molecule has 0 radical (unpaired) electrons. The zero-order valence-corrected chi connectivity index (χ0v) is 13.7. The van der Waals surface area contributed by atoms with Gasteiger partial charge in [0.05, 0.1) is 5.56 Å². The third-order valence-electron chi connectivity index (χ3n) is 4.09. The molecule has 0 aliphatic carbocycles. The summed E-state index contributed by atoms with van der Waals surface area (Å²) in [5.74, 6) is 0.276. The highest BCUT2D eigenvalue weighted by Crippen LogP contribution is 2.23. The van der Waals surface area contributed by atoms with E-state index in [1.54, 1.807) is 12.3 Å². The third kappa shape index (κ3) is 2.92. The molecule has 25 heavy (non-hydrogen) atoms. The number of fused-ring (bicyclic) bond motifs is 1. The van der Waals surface area contributed by atoms with E-state index < -0.39 is 0 Å². The predicted octanol–water partition coefficient (Wildman–Crippen LogP) is 4.19. The molecule has 5 heteroatoms. The van der Waals surface area contributed by atoms with Crippen LogP contribution in [0, 0.1) is 0 Å². The lowest BCUT2D eigenvalue weighted by atomic mass is 10.1. The maximum absolute atomic E-state index is 12.4. The van der Waals surface area contributed by atoms with Gasteiger partial charge in [-0.1, -0.05) is 53.7 Å². The molecule has 2 heterocycles. The van der Waals surface area contributed by atoms with Crippen LogP contribution >= 0.6 is 0 Å². The maximum atomic E-state index is 12.4. The monoisotopic (exact) mass is 332 g/mol. The van der Waals surface area contributed by atoms with Gasteiger partial charge in [-0.2, -0.15) is 0 Å². The van der Waals surface area contributed by atoms with Crippen molar-refractivity contribution in [2.45, 2.75) is 6.61 Å². The number of aryl methyl sites for hydroxylation is 1. The molecule has 0 bridgehead atoms. The number of aromatic nitrogens is 2. The van der Waals surface area contributed by atoms with Crippen LogP contribution in [0.25, 0.3) is 22.2 Å². The van der Waals surface area contributed by atoms with Crippen LogP contribution in [0.15, 0.2) is 71.4 Å². The minimum absolute atomic E-state index is 0.0678. The van der Waals surface area contributed by atoms with Crippen LogP contribution in [-0.4, -0.2) is 15.7 Å². The summed E-state index contributed by atoms with van der Waals surface area (Å²) < 4.78 is 12.6. The van der Waals surface area contributed by atoms with E-state index in [9.17, 15) is 4.79 Å². The summed E-state index contributed by atoms with van der Waals surface area (Å²) in [5.41, 5.74) is 3.04. The molecule has 0 amide bonds. The van der Waals surface area contributed by atoms with Gasteiger partial charge in [-0.15, -0.1) is 0 Å². The van der Waals surface area contributed by atoms with Gasteiger partial charge in [0.1, 0.15) is 12.3 Å². The lowest BCUT2D eigenvalue weighted by Gasteiger charge is -2.00. The predicted molar refractivity (Wildman–Crippen MR) is 94.0 cm³/mol. The summed E-state index contributed by atoms with van der Waals surface area (Å²) in [6.45, 7) is 0.0678. The van der Waals surface area contributed by atoms with E-state index in [1.165, 1.54) is 0 Å². The first-order valence-corrected chi connectivity index (χ1v) is 7.94. The van der Waals surface area contributed by atoms with Crippen LogP contribution in [0.5, 0.6) is 0 Å². The number of rotatable bonds is 4. The highest BCUT2D eigenvalue weighted by molar-refractivity contribution is 6.04.